The third-order valence-corrected chi connectivity index (χ3v) is 2.85. The SMILES string of the molecule is Nc1ccnc2nc[nH][n+]12.Nc1ccnc2nc[nH][n+]12.O.O.O=C([O-])C(=O)[O-].O=C([O-])C(=O)[O-].[Cu+2]. The maximum Gasteiger partial charge on any atom is 2.00 e. The number of aliphatic carboxylic acids is 4. The second-order valence-corrected chi connectivity index (χ2v) is 4.93. The molecule has 0 fully saturated rings. The van der Waals surface area contributed by atoms with Crippen LogP contribution in [0.5, 0.6) is 0 Å². The number of nitrogen functional groups attached to an aromatic ring is 2. The molecule has 4 aromatic rings. The number of anilines is 2. The van der Waals surface area contributed by atoms with Crippen LogP contribution in [0.15, 0.2) is 37.2 Å². The number of nitrogens with zero attached hydrogens (tertiary/aromatic N) is 6. The van der Waals surface area contributed by atoms with Gasteiger partial charge in [0.1, 0.15) is 0 Å². The third kappa shape index (κ3) is 11.4. The quantitative estimate of drug-likeness (QED) is 0.0901. The number of carboxylic acids is 4. The van der Waals surface area contributed by atoms with Crippen molar-refractivity contribution in [2.75, 3.05) is 11.5 Å². The Bertz CT molecular complexity index is 1130. The van der Waals surface area contributed by atoms with Crippen molar-refractivity contribution in [3.8, 4) is 0 Å². The molecule has 0 aliphatic heterocycles. The van der Waals surface area contributed by atoms with Gasteiger partial charge < -0.3 is 62.0 Å². The van der Waals surface area contributed by atoms with Crippen LogP contribution >= 0.6 is 0 Å². The molecule has 35 heavy (non-hydrogen) atoms. The zero-order valence-electron chi connectivity index (χ0n) is 16.9. The molecule has 4 heterocycles. The Kier molecular flexibility index (Phi) is 16.4. The molecular formula is C14H16CuN10O10. The van der Waals surface area contributed by atoms with Crippen molar-refractivity contribution in [1.82, 2.24) is 30.1 Å². The van der Waals surface area contributed by atoms with Crippen molar-refractivity contribution >= 4 is 47.1 Å². The summed E-state index contributed by atoms with van der Waals surface area (Å²) in [6.07, 6.45) is 6.31. The second kappa shape index (κ2) is 16.6. The molecule has 1 radical (unpaired) electrons. The van der Waals surface area contributed by atoms with Gasteiger partial charge in [-0.1, -0.05) is 9.97 Å². The molecule has 4 rings (SSSR count). The Morgan fingerprint density at radius 2 is 0.943 bits per heavy atom. The van der Waals surface area contributed by atoms with Crippen LogP contribution in [-0.4, -0.2) is 65.0 Å². The third-order valence-electron chi connectivity index (χ3n) is 2.85. The minimum atomic E-state index is -2.19. The molecule has 0 aliphatic rings. The number of hydrogen-bond donors (Lipinski definition) is 4. The fourth-order valence-corrected chi connectivity index (χ4v) is 1.59. The van der Waals surface area contributed by atoms with E-state index in [1.807, 2.05) is 0 Å². The van der Waals surface area contributed by atoms with E-state index in [9.17, 15) is 0 Å². The predicted molar refractivity (Wildman–Crippen MR) is 95.2 cm³/mol. The Morgan fingerprint density at radius 3 is 1.17 bits per heavy atom. The van der Waals surface area contributed by atoms with E-state index in [0.29, 0.717) is 23.2 Å². The van der Waals surface area contributed by atoms with Gasteiger partial charge in [0.25, 0.3) is 0 Å². The topological polar surface area (TPSA) is 367 Å². The number of aromatic nitrogens is 8. The fourth-order valence-electron chi connectivity index (χ4n) is 1.59. The van der Waals surface area contributed by atoms with E-state index in [4.69, 9.17) is 51.1 Å². The van der Waals surface area contributed by atoms with E-state index in [1.165, 1.54) is 0 Å². The number of rotatable bonds is 0. The first-order chi connectivity index (χ1) is 15.0. The van der Waals surface area contributed by atoms with Gasteiger partial charge >= 0.3 is 28.6 Å². The van der Waals surface area contributed by atoms with Gasteiger partial charge in [0.2, 0.25) is 11.6 Å². The summed E-state index contributed by atoms with van der Waals surface area (Å²) in [5.41, 5.74) is 11.1. The first-order valence-electron chi connectivity index (χ1n) is 7.80. The Hall–Kier alpha value is -4.98. The Balaban J connectivity index is -0.000000392. The molecule has 0 unspecified atom stereocenters. The molecule has 193 valence electrons. The molecule has 4 aromatic heterocycles. The van der Waals surface area contributed by atoms with Crippen molar-refractivity contribution in [1.29, 1.82) is 0 Å². The number of nitrogens with one attached hydrogen (secondary N) is 2. The maximum atomic E-state index is 8.93. The number of H-pyrrole nitrogens is 2. The monoisotopic (exact) mass is 547 g/mol. The van der Waals surface area contributed by atoms with E-state index in [0.717, 1.165) is 0 Å². The minimum absolute atomic E-state index is 0. The summed E-state index contributed by atoms with van der Waals surface area (Å²) in [4.78, 5) is 51.4. The van der Waals surface area contributed by atoms with Gasteiger partial charge in [0.15, 0.2) is 12.7 Å². The van der Waals surface area contributed by atoms with Crippen molar-refractivity contribution in [3.63, 3.8) is 0 Å². The van der Waals surface area contributed by atoms with Gasteiger partial charge in [-0.25, -0.2) is 10.2 Å². The number of carbonyl (C=O) groups excluding carboxylic acids is 4. The van der Waals surface area contributed by atoms with Crippen LogP contribution in [0.25, 0.3) is 11.6 Å². The molecule has 0 bridgehead atoms. The molecule has 0 atom stereocenters. The number of carbonyl (C=O) groups is 4. The summed E-state index contributed by atoms with van der Waals surface area (Å²) >= 11 is 0. The van der Waals surface area contributed by atoms with Crippen LogP contribution in [0.1, 0.15) is 0 Å². The molecular weight excluding hydrogens is 532 g/mol. The van der Waals surface area contributed by atoms with E-state index in [1.54, 1.807) is 46.2 Å². The summed E-state index contributed by atoms with van der Waals surface area (Å²) in [6, 6.07) is 3.40. The van der Waals surface area contributed by atoms with E-state index in [-0.39, 0.29) is 28.0 Å². The van der Waals surface area contributed by atoms with Gasteiger partial charge in [-0.2, -0.15) is 0 Å². The summed E-state index contributed by atoms with van der Waals surface area (Å²) in [7, 11) is 0. The standard InChI is InChI=1S/2C5H5N5.2C2H2O4.Cu.2H2O/c2*6-4-1-2-7-5-8-3-9-10(4)5;2*3-1(4)2(5)6;;;/h2*1-3H,(H2,6,7,8,9);2*(H,3,4)(H,5,6);;2*1H2/q;;;;+2;;/p-2. The van der Waals surface area contributed by atoms with Crippen molar-refractivity contribution in [2.24, 2.45) is 0 Å². The molecule has 0 aromatic carbocycles. The molecule has 0 aliphatic carbocycles. The summed E-state index contributed by atoms with van der Waals surface area (Å²) in [5, 5.41) is 41.3. The van der Waals surface area contributed by atoms with E-state index >= 15 is 0 Å². The molecule has 10 N–H and O–H groups in total. The van der Waals surface area contributed by atoms with Gasteiger partial charge in [-0.15, -0.1) is 19.0 Å². The van der Waals surface area contributed by atoms with Crippen LogP contribution in [-0.2, 0) is 36.2 Å². The molecule has 20 nitrogen and oxygen atoms in total. The van der Waals surface area contributed by atoms with Crippen LogP contribution in [0.2, 0.25) is 0 Å². The summed E-state index contributed by atoms with van der Waals surface area (Å²) in [5.74, 6) is -6.37. The largest absolute Gasteiger partial charge is 2.00 e. The normalized spacial score (nSPS) is 8.46. The second-order valence-electron chi connectivity index (χ2n) is 4.93. The summed E-state index contributed by atoms with van der Waals surface area (Å²) < 4.78 is 3.19. The summed E-state index contributed by atoms with van der Waals surface area (Å²) in [6.45, 7) is 0. The average molecular weight is 548 g/mol. The van der Waals surface area contributed by atoms with Crippen LogP contribution < -0.4 is 40.9 Å². The van der Waals surface area contributed by atoms with Crippen LogP contribution in [0, 0.1) is 0 Å². The smallest absolute Gasteiger partial charge is 0.543 e. The molecule has 0 spiro atoms. The number of fused-ring (bicyclic) bond motifs is 2. The maximum absolute atomic E-state index is 8.93. The molecule has 0 saturated heterocycles. The number of hydrogen-bond acceptors (Lipinski definition) is 14. The number of nitrogens with two attached hydrogens (primary N) is 2. The van der Waals surface area contributed by atoms with Gasteiger partial charge in [0, 0.05) is 12.1 Å². The average Bonchev–Trinajstić information content (AvgIpc) is 3.40. The molecule has 21 heteroatoms. The van der Waals surface area contributed by atoms with Crippen molar-refractivity contribution in [2.45, 2.75) is 0 Å². The van der Waals surface area contributed by atoms with E-state index < -0.39 is 23.9 Å². The van der Waals surface area contributed by atoms with Crippen LogP contribution in [0.3, 0.4) is 0 Å². The van der Waals surface area contributed by atoms with Gasteiger partial charge in [-0.3, -0.25) is 0 Å². The Labute approximate surface area is 203 Å². The molecule has 0 amide bonds. The van der Waals surface area contributed by atoms with Crippen LogP contribution in [0.4, 0.5) is 11.6 Å². The molecule has 0 saturated carbocycles. The van der Waals surface area contributed by atoms with Gasteiger partial charge in [-0.05, 0) is 0 Å². The zero-order chi connectivity index (χ0) is 24.3. The van der Waals surface area contributed by atoms with Crippen molar-refractivity contribution in [3.05, 3.63) is 37.2 Å². The van der Waals surface area contributed by atoms with Gasteiger partial charge in [0.05, 0.1) is 36.3 Å². The number of carboxylic acid groups (broad SMARTS) is 4. The number of aromatic amines is 2. The van der Waals surface area contributed by atoms with E-state index in [2.05, 4.69) is 30.1 Å². The first-order valence-corrected chi connectivity index (χ1v) is 7.80. The van der Waals surface area contributed by atoms with Crippen molar-refractivity contribution < 1.29 is 76.7 Å². The Morgan fingerprint density at radius 1 is 0.657 bits per heavy atom. The predicted octanol–water partition coefficient (Wildman–Crippen LogP) is -10.4. The fraction of sp³-hybridized carbons (Fsp3) is 0. The minimum Gasteiger partial charge on any atom is -0.543 e. The zero-order valence-corrected chi connectivity index (χ0v) is 17.8. The first kappa shape index (κ1) is 34.6.